The zero-order chi connectivity index (χ0) is 36.9. The predicted octanol–water partition coefficient (Wildman–Crippen LogP) is 5.07. The van der Waals surface area contributed by atoms with Gasteiger partial charge in [0, 0.05) is 24.3 Å². The highest BCUT2D eigenvalue weighted by atomic mass is 32.2. The van der Waals surface area contributed by atoms with Gasteiger partial charge >= 0.3 is 12.2 Å². The molecule has 0 aliphatic carbocycles. The Morgan fingerprint density at radius 3 is 2.31 bits per heavy atom. The number of anilines is 1. The molecule has 14 nitrogen and oxygen atoms in total. The Balaban J connectivity index is 1.50. The van der Waals surface area contributed by atoms with E-state index in [1.165, 1.54) is 6.07 Å². The second-order valence-corrected chi connectivity index (χ2v) is 17.2. The van der Waals surface area contributed by atoms with E-state index in [1.54, 1.807) is 77.6 Å². The maximum Gasteiger partial charge on any atom is 0.422 e. The van der Waals surface area contributed by atoms with Crippen molar-refractivity contribution < 1.29 is 36.6 Å². The number of halogens is 1. The van der Waals surface area contributed by atoms with Crippen LogP contribution in [0.15, 0.2) is 40.3 Å². The van der Waals surface area contributed by atoms with Gasteiger partial charge in [-0.15, -0.1) is 0 Å². The summed E-state index contributed by atoms with van der Waals surface area (Å²) in [6.45, 7) is 12.3. The molecule has 3 aliphatic heterocycles. The number of fused-ring (bicyclic) bond motifs is 6. The standard InChI is InChI=1S/C35H39FN6O8S/c1-17-27-21-14-13-19(41(21)32(44)49-34(2,3)4)16-40(27)29-23-25(38-31(39-29)51(8,46)47)24(36)26(37-30(23)48-17)28-20-12-10-9-11-18(20)15-22(43)42(28)33(45)50-35(5,6)7/h9-12,15,17,19,21,27H,13-14,16H2,1-8H3/t17-,19+,21-,27+/m0/s1. The summed E-state index contributed by atoms with van der Waals surface area (Å²) in [6.07, 6.45) is -0.0682. The van der Waals surface area contributed by atoms with Crippen LogP contribution in [0.3, 0.4) is 0 Å². The molecule has 0 radical (unpaired) electrons. The van der Waals surface area contributed by atoms with E-state index in [4.69, 9.17) is 14.2 Å². The summed E-state index contributed by atoms with van der Waals surface area (Å²) in [4.78, 5) is 57.6. The quantitative estimate of drug-likeness (QED) is 0.253. The number of carbonyl (C=O) groups is 2. The Kier molecular flexibility index (Phi) is 7.85. The molecule has 270 valence electrons. The first-order valence-electron chi connectivity index (χ1n) is 16.7. The fraction of sp³-hybridized carbons (Fsp3) is 0.486. The number of ether oxygens (including phenoxy) is 3. The van der Waals surface area contributed by atoms with Crippen LogP contribution in [-0.2, 0) is 19.3 Å². The molecule has 1 amide bonds. The largest absolute Gasteiger partial charge is 0.472 e. The lowest BCUT2D eigenvalue weighted by Crippen LogP contribution is -2.65. The van der Waals surface area contributed by atoms with E-state index >= 15 is 4.39 Å². The normalized spacial score (nSPS) is 21.7. The summed E-state index contributed by atoms with van der Waals surface area (Å²) in [5, 5.41) is 0.0801. The highest BCUT2D eigenvalue weighted by molar-refractivity contribution is 7.90. The van der Waals surface area contributed by atoms with Crippen molar-refractivity contribution in [1.82, 2.24) is 24.4 Å². The third-order valence-corrected chi connectivity index (χ3v) is 9.99. The van der Waals surface area contributed by atoms with E-state index in [2.05, 4.69) is 15.0 Å². The molecule has 3 aliphatic rings. The topological polar surface area (TPSA) is 163 Å². The first-order valence-corrected chi connectivity index (χ1v) is 18.6. The van der Waals surface area contributed by atoms with Crippen molar-refractivity contribution in [1.29, 1.82) is 0 Å². The number of aromatic nitrogens is 4. The third-order valence-electron chi connectivity index (χ3n) is 9.15. The highest BCUT2D eigenvalue weighted by Gasteiger charge is 2.54. The average molecular weight is 723 g/mol. The first-order chi connectivity index (χ1) is 23.7. The van der Waals surface area contributed by atoms with E-state index < -0.39 is 79.2 Å². The molecule has 7 rings (SSSR count). The molecule has 0 spiro atoms. The van der Waals surface area contributed by atoms with Gasteiger partial charge in [-0.05, 0) is 66.7 Å². The summed E-state index contributed by atoms with van der Waals surface area (Å²) >= 11 is 0. The number of pyridine rings is 2. The van der Waals surface area contributed by atoms with Crippen LogP contribution in [0, 0.1) is 5.82 Å². The van der Waals surface area contributed by atoms with Crippen molar-refractivity contribution in [3.05, 3.63) is 46.5 Å². The van der Waals surface area contributed by atoms with Gasteiger partial charge in [-0.2, -0.15) is 0 Å². The number of hydrogen-bond acceptors (Lipinski definition) is 12. The minimum absolute atomic E-state index is 0.0227. The Bertz CT molecular complexity index is 2320. The summed E-state index contributed by atoms with van der Waals surface area (Å²) in [5.74, 6) is -1.14. The van der Waals surface area contributed by atoms with Crippen LogP contribution in [0.4, 0.5) is 19.8 Å². The van der Waals surface area contributed by atoms with E-state index in [-0.39, 0.29) is 35.4 Å². The zero-order valence-corrected chi connectivity index (χ0v) is 30.4. The van der Waals surface area contributed by atoms with Gasteiger partial charge in [-0.3, -0.25) is 9.69 Å². The smallest absolute Gasteiger partial charge is 0.422 e. The van der Waals surface area contributed by atoms with Gasteiger partial charge in [-0.1, -0.05) is 24.3 Å². The Labute approximate surface area is 293 Å². The van der Waals surface area contributed by atoms with E-state index in [0.29, 0.717) is 28.2 Å². The molecule has 51 heavy (non-hydrogen) atoms. The van der Waals surface area contributed by atoms with Crippen molar-refractivity contribution in [2.75, 3.05) is 17.7 Å². The molecule has 6 heterocycles. The molecule has 0 unspecified atom stereocenters. The number of carbonyl (C=O) groups excluding carboxylic acids is 2. The fourth-order valence-corrected chi connectivity index (χ4v) is 7.84. The summed E-state index contributed by atoms with van der Waals surface area (Å²) < 4.78 is 61.9. The maximum atomic E-state index is 17.3. The van der Waals surface area contributed by atoms with Crippen molar-refractivity contribution in [3.63, 3.8) is 0 Å². The Morgan fingerprint density at radius 2 is 1.65 bits per heavy atom. The van der Waals surface area contributed by atoms with Gasteiger partial charge in [0.2, 0.25) is 20.9 Å². The second kappa shape index (κ2) is 11.6. The van der Waals surface area contributed by atoms with Gasteiger partial charge < -0.3 is 19.1 Å². The lowest BCUT2D eigenvalue weighted by molar-refractivity contribution is 0.000918. The number of hydrogen-bond donors (Lipinski definition) is 0. The molecule has 16 heteroatoms. The van der Waals surface area contributed by atoms with Crippen molar-refractivity contribution in [2.45, 2.75) is 102 Å². The predicted molar refractivity (Wildman–Crippen MR) is 185 cm³/mol. The summed E-state index contributed by atoms with van der Waals surface area (Å²) in [7, 11) is -4.10. The Hall–Kier alpha value is -4.86. The Morgan fingerprint density at radius 1 is 0.980 bits per heavy atom. The number of benzene rings is 1. The molecule has 1 aromatic carbocycles. The van der Waals surface area contributed by atoms with Crippen LogP contribution in [0.1, 0.15) is 61.3 Å². The van der Waals surface area contributed by atoms with Crippen LogP contribution in [-0.4, -0.2) is 93.3 Å². The van der Waals surface area contributed by atoms with Crippen molar-refractivity contribution in [3.8, 4) is 17.3 Å². The zero-order valence-electron chi connectivity index (χ0n) is 29.6. The van der Waals surface area contributed by atoms with Crippen LogP contribution < -0.4 is 15.2 Å². The highest BCUT2D eigenvalue weighted by Crippen LogP contribution is 2.46. The molecule has 2 saturated heterocycles. The number of amides is 1. The SMILES string of the molecule is C[C@@H]1Oc2nc(-c3c4ccccc4cc(=O)n3C(=O)OC(C)(C)C)c(F)c3nc(S(C)(=O)=O)nc(c23)N2C[C@H]3CC[C@@H]([C@@H]12)N3C(=O)OC(C)(C)C. The van der Waals surface area contributed by atoms with Crippen molar-refractivity contribution >= 4 is 49.5 Å². The van der Waals surface area contributed by atoms with Gasteiger partial charge in [0.25, 0.3) is 5.56 Å². The minimum atomic E-state index is -4.10. The average Bonchev–Trinajstić information content (AvgIpc) is 3.25. The van der Waals surface area contributed by atoms with E-state index in [1.807, 2.05) is 4.90 Å². The van der Waals surface area contributed by atoms with Crippen LogP contribution in [0.2, 0.25) is 0 Å². The van der Waals surface area contributed by atoms with Crippen LogP contribution in [0.5, 0.6) is 5.88 Å². The van der Waals surface area contributed by atoms with Gasteiger partial charge in [0.05, 0.1) is 23.8 Å². The fourth-order valence-electron chi connectivity index (χ4n) is 7.33. The molecule has 4 aromatic rings. The lowest BCUT2D eigenvalue weighted by Gasteiger charge is -2.48. The molecule has 3 aromatic heterocycles. The molecular weight excluding hydrogens is 683 g/mol. The van der Waals surface area contributed by atoms with Gasteiger partial charge in [-0.25, -0.2) is 41.9 Å². The summed E-state index contributed by atoms with van der Waals surface area (Å²) in [6, 6.07) is 6.53. The summed E-state index contributed by atoms with van der Waals surface area (Å²) in [5.41, 5.74) is -3.68. The minimum Gasteiger partial charge on any atom is -0.472 e. The molecule has 2 bridgehead atoms. The van der Waals surface area contributed by atoms with Gasteiger partial charge in [0.1, 0.15) is 39.7 Å². The number of nitrogens with zero attached hydrogens (tertiary/aromatic N) is 6. The molecule has 4 atom stereocenters. The maximum absolute atomic E-state index is 17.3. The van der Waals surface area contributed by atoms with Crippen LogP contribution in [0.25, 0.3) is 33.1 Å². The van der Waals surface area contributed by atoms with Crippen LogP contribution >= 0.6 is 0 Å². The monoisotopic (exact) mass is 722 g/mol. The second-order valence-electron chi connectivity index (χ2n) is 15.3. The van der Waals surface area contributed by atoms with Gasteiger partial charge in [0.15, 0.2) is 5.82 Å². The molecule has 2 fully saturated rings. The number of rotatable bonds is 2. The van der Waals surface area contributed by atoms with Crippen molar-refractivity contribution in [2.24, 2.45) is 0 Å². The number of piperazine rings is 1. The number of sulfone groups is 1. The lowest BCUT2D eigenvalue weighted by atomic mass is 9.98. The first kappa shape index (κ1) is 34.6. The molecule has 0 saturated carbocycles. The van der Waals surface area contributed by atoms with E-state index in [0.717, 1.165) is 6.26 Å². The molecule has 0 N–H and O–H groups in total. The molecular formula is C35H39FN6O8S. The van der Waals surface area contributed by atoms with E-state index in [9.17, 15) is 22.8 Å². The third kappa shape index (κ3) is 5.92.